The van der Waals surface area contributed by atoms with Gasteiger partial charge in [-0.15, -0.1) is 31.4 Å². The van der Waals surface area contributed by atoms with Crippen molar-refractivity contribution < 1.29 is 9.47 Å². The van der Waals surface area contributed by atoms with E-state index in [9.17, 15) is 0 Å². The van der Waals surface area contributed by atoms with Crippen molar-refractivity contribution in [3.8, 4) is 11.5 Å². The topological polar surface area (TPSA) is 33.7 Å². The molecule has 7 heteroatoms. The molecule has 21 heavy (non-hydrogen) atoms. The number of nitrogens with zero attached hydrogens (tertiary/aromatic N) is 1. The van der Waals surface area contributed by atoms with E-state index in [4.69, 9.17) is 21.1 Å². The minimum atomic E-state index is 0. The molecule has 1 N–H and O–H groups in total. The molecule has 118 valence electrons. The van der Waals surface area contributed by atoms with Crippen molar-refractivity contribution in [2.45, 2.75) is 6.04 Å². The summed E-state index contributed by atoms with van der Waals surface area (Å²) in [5.41, 5.74) is 1.03. The van der Waals surface area contributed by atoms with E-state index in [0.29, 0.717) is 5.02 Å². The first kappa shape index (κ1) is 18.4. The summed E-state index contributed by atoms with van der Waals surface area (Å²) in [6.45, 7) is 8.18. The van der Waals surface area contributed by atoms with E-state index in [0.717, 1.165) is 43.2 Å². The molecule has 4 nitrogen and oxygen atoms in total. The molecule has 0 spiro atoms. The standard InChI is InChI=1S/C14H17ClN2O2.2ClH/c1-2-12(17-5-3-16-4-6-17)10-7-13-14(8-11(10)15)19-9-18-13;;/h2,7-8,12,16H,1,3-6,9H2;2*1H/t12-;;/m1../s1. The minimum Gasteiger partial charge on any atom is -0.454 e. The van der Waals surface area contributed by atoms with Gasteiger partial charge in [-0.05, 0) is 11.6 Å². The minimum absolute atomic E-state index is 0. The van der Waals surface area contributed by atoms with Crippen LogP contribution < -0.4 is 14.8 Å². The van der Waals surface area contributed by atoms with Crippen molar-refractivity contribution in [1.82, 2.24) is 10.2 Å². The fourth-order valence-electron chi connectivity index (χ4n) is 2.59. The molecule has 0 saturated carbocycles. The molecule has 2 heterocycles. The van der Waals surface area contributed by atoms with Crippen LogP contribution in [0.2, 0.25) is 5.02 Å². The zero-order valence-electron chi connectivity index (χ0n) is 11.5. The number of fused-ring (bicyclic) bond motifs is 1. The molecule has 0 aromatic heterocycles. The van der Waals surface area contributed by atoms with Crippen LogP contribution in [-0.4, -0.2) is 37.9 Å². The highest BCUT2D eigenvalue weighted by molar-refractivity contribution is 6.31. The zero-order valence-corrected chi connectivity index (χ0v) is 13.9. The van der Waals surface area contributed by atoms with Gasteiger partial charge >= 0.3 is 0 Å². The van der Waals surface area contributed by atoms with Crippen LogP contribution in [0.5, 0.6) is 11.5 Å². The van der Waals surface area contributed by atoms with Gasteiger partial charge in [-0.1, -0.05) is 17.7 Å². The Morgan fingerprint density at radius 3 is 2.43 bits per heavy atom. The third kappa shape index (κ3) is 3.76. The normalized spacial score (nSPS) is 18.3. The van der Waals surface area contributed by atoms with Gasteiger partial charge in [0.2, 0.25) is 6.79 Å². The van der Waals surface area contributed by atoms with E-state index in [-0.39, 0.29) is 37.6 Å². The summed E-state index contributed by atoms with van der Waals surface area (Å²) < 4.78 is 10.8. The van der Waals surface area contributed by atoms with Gasteiger partial charge < -0.3 is 14.8 Å². The molecule has 1 atom stereocenters. The molecule has 1 saturated heterocycles. The average Bonchev–Trinajstić information content (AvgIpc) is 2.88. The maximum absolute atomic E-state index is 6.38. The van der Waals surface area contributed by atoms with Crippen LogP contribution in [0.1, 0.15) is 11.6 Å². The molecule has 2 aliphatic rings. The van der Waals surface area contributed by atoms with E-state index in [1.807, 2.05) is 18.2 Å². The van der Waals surface area contributed by atoms with Crippen LogP contribution >= 0.6 is 36.4 Å². The molecule has 3 rings (SSSR count). The van der Waals surface area contributed by atoms with E-state index in [1.165, 1.54) is 0 Å². The Bertz CT molecular complexity index is 493. The van der Waals surface area contributed by atoms with Crippen LogP contribution in [0.3, 0.4) is 0 Å². The fraction of sp³-hybridized carbons (Fsp3) is 0.429. The summed E-state index contributed by atoms with van der Waals surface area (Å²) in [4.78, 5) is 2.37. The summed E-state index contributed by atoms with van der Waals surface area (Å²) in [6.07, 6.45) is 1.94. The second-order valence-electron chi connectivity index (χ2n) is 4.69. The summed E-state index contributed by atoms with van der Waals surface area (Å²) >= 11 is 6.38. The van der Waals surface area contributed by atoms with Crippen LogP contribution in [0, 0.1) is 0 Å². The number of piperazine rings is 1. The number of nitrogens with one attached hydrogen (secondary N) is 1. The first-order valence-corrected chi connectivity index (χ1v) is 6.84. The van der Waals surface area contributed by atoms with Gasteiger partial charge in [-0.3, -0.25) is 4.90 Å². The number of hydrogen-bond donors (Lipinski definition) is 1. The lowest BCUT2D eigenvalue weighted by molar-refractivity contribution is 0.173. The van der Waals surface area contributed by atoms with Crippen LogP contribution in [0.15, 0.2) is 24.8 Å². The van der Waals surface area contributed by atoms with Crippen LogP contribution in [0.4, 0.5) is 0 Å². The van der Waals surface area contributed by atoms with Crippen LogP contribution in [0.25, 0.3) is 0 Å². The number of hydrogen-bond acceptors (Lipinski definition) is 4. The van der Waals surface area contributed by atoms with Crippen LogP contribution in [-0.2, 0) is 0 Å². The first-order valence-electron chi connectivity index (χ1n) is 6.46. The zero-order chi connectivity index (χ0) is 13.2. The van der Waals surface area contributed by atoms with E-state index in [1.54, 1.807) is 0 Å². The highest BCUT2D eigenvalue weighted by Gasteiger charge is 2.24. The van der Waals surface area contributed by atoms with Gasteiger partial charge in [0.25, 0.3) is 0 Å². The maximum Gasteiger partial charge on any atom is 0.231 e. The van der Waals surface area contributed by atoms with Gasteiger partial charge in [-0.25, -0.2) is 0 Å². The number of benzene rings is 1. The van der Waals surface area contributed by atoms with E-state index >= 15 is 0 Å². The largest absolute Gasteiger partial charge is 0.454 e. The molecule has 0 amide bonds. The Balaban J connectivity index is 0.00000110. The third-order valence-electron chi connectivity index (χ3n) is 3.58. The SMILES string of the molecule is C=C[C@H](c1cc2c(cc1Cl)OCO2)N1CCNCC1.Cl.Cl. The summed E-state index contributed by atoms with van der Waals surface area (Å²) in [6, 6.07) is 3.92. The Kier molecular flexibility index (Phi) is 7.10. The molecule has 2 aliphatic heterocycles. The number of rotatable bonds is 3. The fourth-order valence-corrected chi connectivity index (χ4v) is 2.86. The van der Waals surface area contributed by atoms with Crippen molar-refractivity contribution in [1.29, 1.82) is 0 Å². The molecule has 1 aromatic rings. The second-order valence-corrected chi connectivity index (χ2v) is 5.10. The lowest BCUT2D eigenvalue weighted by Gasteiger charge is -2.33. The highest BCUT2D eigenvalue weighted by atomic mass is 35.5. The Labute approximate surface area is 142 Å². The monoisotopic (exact) mass is 352 g/mol. The summed E-state index contributed by atoms with van der Waals surface area (Å²) in [7, 11) is 0. The molecule has 0 radical (unpaired) electrons. The van der Waals surface area contributed by atoms with Gasteiger partial charge in [0.15, 0.2) is 11.5 Å². The Morgan fingerprint density at radius 1 is 1.19 bits per heavy atom. The Morgan fingerprint density at radius 2 is 1.81 bits per heavy atom. The predicted octanol–water partition coefficient (Wildman–Crippen LogP) is 3.04. The predicted molar refractivity (Wildman–Crippen MR) is 89.5 cm³/mol. The van der Waals surface area contributed by atoms with E-state index < -0.39 is 0 Å². The average molecular weight is 354 g/mol. The molecular weight excluding hydrogens is 335 g/mol. The molecular formula is C14H19Cl3N2O2. The quantitative estimate of drug-likeness (QED) is 0.847. The molecule has 0 aliphatic carbocycles. The molecule has 1 aromatic carbocycles. The van der Waals surface area contributed by atoms with Crippen molar-refractivity contribution >= 4 is 36.4 Å². The lowest BCUT2D eigenvalue weighted by Crippen LogP contribution is -2.44. The number of halogens is 3. The van der Waals surface area contributed by atoms with E-state index in [2.05, 4.69) is 16.8 Å². The van der Waals surface area contributed by atoms with Crippen molar-refractivity contribution in [2.24, 2.45) is 0 Å². The second kappa shape index (κ2) is 8.11. The van der Waals surface area contributed by atoms with Crippen molar-refractivity contribution in [2.75, 3.05) is 33.0 Å². The third-order valence-corrected chi connectivity index (χ3v) is 3.91. The molecule has 0 unspecified atom stereocenters. The molecule has 0 bridgehead atoms. The van der Waals surface area contributed by atoms with Gasteiger partial charge in [-0.2, -0.15) is 0 Å². The maximum atomic E-state index is 6.38. The van der Waals surface area contributed by atoms with Crippen molar-refractivity contribution in [3.63, 3.8) is 0 Å². The number of ether oxygens (including phenoxy) is 2. The highest BCUT2D eigenvalue weighted by Crippen LogP contribution is 2.40. The summed E-state index contributed by atoms with van der Waals surface area (Å²) in [5, 5.41) is 4.05. The van der Waals surface area contributed by atoms with Gasteiger partial charge in [0.1, 0.15) is 0 Å². The smallest absolute Gasteiger partial charge is 0.231 e. The van der Waals surface area contributed by atoms with Gasteiger partial charge in [0, 0.05) is 37.3 Å². The lowest BCUT2D eigenvalue weighted by atomic mass is 10.0. The molecule has 1 fully saturated rings. The van der Waals surface area contributed by atoms with Crippen molar-refractivity contribution in [3.05, 3.63) is 35.4 Å². The first-order chi connectivity index (χ1) is 9.29. The Hall–Kier alpha value is -0.650. The summed E-state index contributed by atoms with van der Waals surface area (Å²) in [5.74, 6) is 1.48. The van der Waals surface area contributed by atoms with Gasteiger partial charge in [0.05, 0.1) is 6.04 Å².